The summed E-state index contributed by atoms with van der Waals surface area (Å²) in [6, 6.07) is 8.18. The fraction of sp³-hybridized carbons (Fsp3) is 0.556. The first-order valence-corrected chi connectivity index (χ1v) is 9.13. The Morgan fingerprint density at radius 1 is 1.15 bits per heavy atom. The molecule has 0 unspecified atom stereocenters. The van der Waals surface area contributed by atoms with Crippen molar-refractivity contribution < 1.29 is 9.53 Å². The van der Waals surface area contributed by atoms with Gasteiger partial charge in [0.25, 0.3) is 0 Å². The van der Waals surface area contributed by atoms with Gasteiger partial charge in [-0.1, -0.05) is 12.1 Å². The molecule has 0 spiro atoms. The van der Waals surface area contributed by atoms with E-state index < -0.39 is 0 Å². The van der Waals surface area contributed by atoms with E-state index in [-0.39, 0.29) is 5.91 Å². The first-order valence-electron chi connectivity index (χ1n) is 9.13. The maximum Gasteiger partial charge on any atom is 0.227 e. The van der Waals surface area contributed by atoms with Crippen molar-refractivity contribution in [1.82, 2.24) is 30.0 Å². The van der Waals surface area contributed by atoms with Crippen LogP contribution in [0.3, 0.4) is 0 Å². The summed E-state index contributed by atoms with van der Waals surface area (Å²) in [5, 5.41) is 12.1. The van der Waals surface area contributed by atoms with Crippen LogP contribution < -0.4 is 4.74 Å². The summed E-state index contributed by atoms with van der Waals surface area (Å²) in [7, 11) is 1.64. The van der Waals surface area contributed by atoms with Gasteiger partial charge in [0.1, 0.15) is 5.75 Å². The maximum atomic E-state index is 12.5. The summed E-state index contributed by atoms with van der Waals surface area (Å²) in [5.74, 6) is 1.92. The van der Waals surface area contributed by atoms with E-state index in [9.17, 15) is 4.79 Å². The number of nitrogens with zero attached hydrogens (tertiary/aromatic N) is 6. The van der Waals surface area contributed by atoms with Crippen molar-refractivity contribution in [2.75, 3.05) is 33.3 Å². The highest BCUT2D eigenvalue weighted by Crippen LogP contribution is 2.34. The second-order valence-corrected chi connectivity index (χ2v) is 6.95. The van der Waals surface area contributed by atoms with Gasteiger partial charge in [0.2, 0.25) is 5.91 Å². The Bertz CT molecular complexity index is 747. The summed E-state index contributed by atoms with van der Waals surface area (Å²) in [6.45, 7) is 3.96. The molecule has 1 amide bonds. The molecule has 0 radical (unpaired) electrons. The fourth-order valence-electron chi connectivity index (χ4n) is 3.30. The number of piperazine rings is 1. The van der Waals surface area contributed by atoms with E-state index in [0.29, 0.717) is 12.5 Å². The number of tetrazole rings is 1. The lowest BCUT2D eigenvalue weighted by Gasteiger charge is -2.34. The van der Waals surface area contributed by atoms with Crippen LogP contribution in [0.15, 0.2) is 24.3 Å². The molecule has 1 aromatic carbocycles. The molecule has 1 saturated carbocycles. The molecule has 2 fully saturated rings. The van der Waals surface area contributed by atoms with Crippen molar-refractivity contribution in [2.45, 2.75) is 31.8 Å². The second kappa shape index (κ2) is 7.41. The SMILES string of the molecule is COc1ccc(CC(=O)N2CCN(Cc3nnnn3C3CC3)CC2)cc1. The summed E-state index contributed by atoms with van der Waals surface area (Å²) in [6.07, 6.45) is 2.78. The zero-order chi connectivity index (χ0) is 17.9. The van der Waals surface area contributed by atoms with Crippen molar-refractivity contribution in [1.29, 1.82) is 0 Å². The van der Waals surface area contributed by atoms with E-state index in [0.717, 1.165) is 49.9 Å². The third-order valence-corrected chi connectivity index (χ3v) is 5.06. The predicted octanol–water partition coefficient (Wildman–Crippen LogP) is 0.903. The minimum atomic E-state index is 0.178. The van der Waals surface area contributed by atoms with E-state index in [1.807, 2.05) is 33.8 Å². The van der Waals surface area contributed by atoms with Crippen molar-refractivity contribution in [3.05, 3.63) is 35.7 Å². The van der Waals surface area contributed by atoms with Gasteiger partial charge in [-0.2, -0.15) is 0 Å². The van der Waals surface area contributed by atoms with Gasteiger partial charge in [-0.15, -0.1) is 5.10 Å². The molecule has 8 nitrogen and oxygen atoms in total. The molecule has 138 valence electrons. The molecule has 2 aromatic rings. The van der Waals surface area contributed by atoms with E-state index in [4.69, 9.17) is 4.74 Å². The van der Waals surface area contributed by atoms with Crippen LogP contribution in [-0.2, 0) is 17.8 Å². The second-order valence-electron chi connectivity index (χ2n) is 6.95. The predicted molar refractivity (Wildman–Crippen MR) is 94.6 cm³/mol. The average molecular weight is 356 g/mol. The molecular formula is C18H24N6O2. The minimum absolute atomic E-state index is 0.178. The Labute approximate surface area is 152 Å². The van der Waals surface area contributed by atoms with E-state index in [1.165, 1.54) is 12.8 Å². The van der Waals surface area contributed by atoms with Crippen LogP contribution in [-0.4, -0.2) is 69.2 Å². The largest absolute Gasteiger partial charge is 0.497 e. The van der Waals surface area contributed by atoms with Crippen molar-refractivity contribution in [3.8, 4) is 5.75 Å². The quantitative estimate of drug-likeness (QED) is 0.766. The van der Waals surface area contributed by atoms with Crippen molar-refractivity contribution in [3.63, 3.8) is 0 Å². The Morgan fingerprint density at radius 3 is 2.54 bits per heavy atom. The zero-order valence-corrected chi connectivity index (χ0v) is 15.0. The number of rotatable bonds is 6. The van der Waals surface area contributed by atoms with Gasteiger partial charge in [0.05, 0.1) is 26.1 Å². The first-order chi connectivity index (χ1) is 12.7. The number of amides is 1. The highest BCUT2D eigenvalue weighted by molar-refractivity contribution is 5.78. The number of ether oxygens (including phenoxy) is 1. The van der Waals surface area contributed by atoms with Crippen LogP contribution in [0.5, 0.6) is 5.75 Å². The van der Waals surface area contributed by atoms with Crippen LogP contribution in [0.25, 0.3) is 0 Å². The highest BCUT2D eigenvalue weighted by Gasteiger charge is 2.29. The number of hydrogen-bond donors (Lipinski definition) is 0. The van der Waals surface area contributed by atoms with Gasteiger partial charge in [-0.25, -0.2) is 4.68 Å². The van der Waals surface area contributed by atoms with Gasteiger partial charge in [0, 0.05) is 26.2 Å². The summed E-state index contributed by atoms with van der Waals surface area (Å²) in [4.78, 5) is 16.8. The van der Waals surface area contributed by atoms with Gasteiger partial charge < -0.3 is 9.64 Å². The third-order valence-electron chi connectivity index (χ3n) is 5.06. The fourth-order valence-corrected chi connectivity index (χ4v) is 3.30. The van der Waals surface area contributed by atoms with Gasteiger partial charge in [0.15, 0.2) is 5.82 Å². The Balaban J connectivity index is 1.27. The number of methoxy groups -OCH3 is 1. The lowest BCUT2D eigenvalue weighted by Crippen LogP contribution is -2.49. The molecular weight excluding hydrogens is 332 g/mol. The normalized spacial score (nSPS) is 18.1. The molecule has 8 heteroatoms. The number of carbonyl (C=O) groups excluding carboxylic acids is 1. The molecule has 0 atom stereocenters. The van der Waals surface area contributed by atoms with Crippen LogP contribution >= 0.6 is 0 Å². The minimum Gasteiger partial charge on any atom is -0.497 e. The molecule has 0 N–H and O–H groups in total. The number of benzene rings is 1. The lowest BCUT2D eigenvalue weighted by molar-refractivity contribution is -0.132. The molecule has 4 rings (SSSR count). The molecule has 2 aliphatic rings. The van der Waals surface area contributed by atoms with Crippen molar-refractivity contribution in [2.24, 2.45) is 0 Å². The Morgan fingerprint density at radius 2 is 1.88 bits per heavy atom. The van der Waals surface area contributed by atoms with Gasteiger partial charge in [-0.05, 0) is 41.0 Å². The summed E-state index contributed by atoms with van der Waals surface area (Å²) < 4.78 is 7.12. The zero-order valence-electron chi connectivity index (χ0n) is 15.0. The average Bonchev–Trinajstić information content (AvgIpc) is 3.42. The monoisotopic (exact) mass is 356 g/mol. The smallest absolute Gasteiger partial charge is 0.227 e. The Kier molecular flexibility index (Phi) is 4.83. The van der Waals surface area contributed by atoms with Crippen LogP contribution in [0.4, 0.5) is 0 Å². The molecule has 0 bridgehead atoms. The number of aromatic nitrogens is 4. The third kappa shape index (κ3) is 3.85. The van der Waals surface area contributed by atoms with Crippen LogP contribution in [0.1, 0.15) is 30.3 Å². The van der Waals surface area contributed by atoms with E-state index in [1.54, 1.807) is 7.11 Å². The molecule has 2 heterocycles. The first kappa shape index (κ1) is 17.0. The number of hydrogen-bond acceptors (Lipinski definition) is 6. The molecule has 1 saturated heterocycles. The van der Waals surface area contributed by atoms with E-state index in [2.05, 4.69) is 20.4 Å². The van der Waals surface area contributed by atoms with Crippen LogP contribution in [0, 0.1) is 0 Å². The molecule has 26 heavy (non-hydrogen) atoms. The van der Waals surface area contributed by atoms with Crippen LogP contribution in [0.2, 0.25) is 0 Å². The molecule has 1 aliphatic carbocycles. The van der Waals surface area contributed by atoms with Gasteiger partial charge >= 0.3 is 0 Å². The topological polar surface area (TPSA) is 76.4 Å². The van der Waals surface area contributed by atoms with Gasteiger partial charge in [-0.3, -0.25) is 9.69 Å². The van der Waals surface area contributed by atoms with Crippen molar-refractivity contribution >= 4 is 5.91 Å². The molecule has 1 aromatic heterocycles. The summed E-state index contributed by atoms with van der Waals surface area (Å²) in [5.41, 5.74) is 1.02. The number of carbonyl (C=O) groups is 1. The maximum absolute atomic E-state index is 12.5. The highest BCUT2D eigenvalue weighted by atomic mass is 16.5. The molecule has 1 aliphatic heterocycles. The standard InChI is InChI=1S/C18H24N6O2/c1-26-16-6-2-14(3-7-16)12-18(25)23-10-8-22(9-11-23)13-17-19-20-21-24(17)15-4-5-15/h2-3,6-7,15H,4-5,8-13H2,1H3. The lowest BCUT2D eigenvalue weighted by atomic mass is 10.1. The Hall–Kier alpha value is -2.48. The summed E-state index contributed by atoms with van der Waals surface area (Å²) >= 11 is 0. The van der Waals surface area contributed by atoms with E-state index >= 15 is 0 Å².